The molecule has 72 heavy (non-hydrogen) atoms. The second kappa shape index (κ2) is 24.1. The molecule has 10 atom stereocenters. The van der Waals surface area contributed by atoms with E-state index in [1.54, 1.807) is 109 Å². The Morgan fingerprint density at radius 2 is 0.722 bits per heavy atom. The normalized spacial score (nSPS) is 23.5. The van der Waals surface area contributed by atoms with Crippen molar-refractivity contribution in [2.24, 2.45) is 5.92 Å². The predicted molar refractivity (Wildman–Crippen MR) is 254 cm³/mol. The Hall–Kier alpha value is -8.18. The molecule has 16 nitrogen and oxygen atoms in total. The molecule has 6 aromatic carbocycles. The topological polar surface area (TPSA) is 206 Å². The summed E-state index contributed by atoms with van der Waals surface area (Å²) in [6.07, 6.45) is -16.0. The summed E-state index contributed by atoms with van der Waals surface area (Å²) in [6, 6.07) is 47.1. The maximum atomic E-state index is 14.2. The number of hydrogen-bond donors (Lipinski definition) is 1. The average molecular weight is 973 g/mol. The van der Waals surface area contributed by atoms with Crippen molar-refractivity contribution in [3.8, 4) is 5.80 Å². The molecular weight excluding hydrogens is 927 g/mol. The van der Waals surface area contributed by atoms with Crippen LogP contribution in [0.4, 0.5) is 0 Å². The Balaban J connectivity index is 1.23. The first-order chi connectivity index (χ1) is 35.1. The fourth-order valence-electron chi connectivity index (χ4n) is 7.93. The molecule has 10 unspecified atom stereocenters. The van der Waals surface area contributed by atoms with Gasteiger partial charge in [-0.15, -0.1) is 0 Å². The van der Waals surface area contributed by atoms with Crippen LogP contribution in [0.5, 0.6) is 0 Å². The van der Waals surface area contributed by atoms with Crippen LogP contribution in [0.2, 0.25) is 0 Å². The Bertz CT molecular complexity index is 2830. The molecule has 6 aromatic rings. The summed E-state index contributed by atoms with van der Waals surface area (Å²) in [5.74, 6) is -4.15. The number of carbonyl (C=O) groups is 6. The quantitative estimate of drug-likeness (QED) is 0.0654. The maximum absolute atomic E-state index is 14.2. The minimum atomic E-state index is -2.07. The molecule has 0 radical (unpaired) electrons. The van der Waals surface area contributed by atoms with E-state index in [9.17, 15) is 33.9 Å². The second-order valence-electron chi connectivity index (χ2n) is 16.3. The third-order valence-corrected chi connectivity index (χ3v) is 11.5. The number of hydrogen-bond acceptors (Lipinski definition) is 16. The van der Waals surface area contributed by atoms with Crippen LogP contribution in [-0.4, -0.2) is 117 Å². The zero-order chi connectivity index (χ0) is 50.4. The summed E-state index contributed by atoms with van der Waals surface area (Å²) >= 11 is 0. The Morgan fingerprint density at radius 3 is 1.10 bits per heavy atom. The molecule has 0 aromatic heterocycles. The summed E-state index contributed by atoms with van der Waals surface area (Å²) in [5.41, 5.74) is 0.555. The van der Waals surface area contributed by atoms with Gasteiger partial charge in [0.2, 0.25) is 0 Å². The van der Waals surface area contributed by atoms with Crippen LogP contribution in [0.3, 0.4) is 0 Å². The molecule has 2 aliphatic heterocycles. The van der Waals surface area contributed by atoms with Gasteiger partial charge in [0.25, 0.3) is 0 Å². The molecule has 0 saturated carbocycles. The molecule has 364 valence electrons. The zero-order valence-corrected chi connectivity index (χ0v) is 38.2. The van der Waals surface area contributed by atoms with Crippen molar-refractivity contribution >= 4 is 43.1 Å². The van der Waals surface area contributed by atoms with E-state index < -0.39 is 110 Å². The number of ether oxygens (including phenoxy) is 9. The first-order valence-corrected chi connectivity index (χ1v) is 22.7. The van der Waals surface area contributed by atoms with Gasteiger partial charge >= 0.3 is 336 Å². The molecule has 0 amide bonds. The van der Waals surface area contributed by atoms with E-state index in [0.717, 1.165) is 0 Å². The zero-order valence-electron chi connectivity index (χ0n) is 38.2. The van der Waals surface area contributed by atoms with Crippen LogP contribution in [0.1, 0.15) is 62.1 Å². The van der Waals surface area contributed by atoms with Crippen LogP contribution >= 0.6 is 0 Å². The van der Waals surface area contributed by atoms with Gasteiger partial charge in [0.1, 0.15) is 0 Å². The van der Waals surface area contributed by atoms with Gasteiger partial charge in [0.15, 0.2) is 0 Å². The van der Waals surface area contributed by atoms with E-state index in [1.807, 2.05) is 0 Å². The second-order valence-corrected chi connectivity index (χ2v) is 16.3. The number of aliphatic hydroxyl groups excluding tert-OH is 1. The van der Waals surface area contributed by atoms with Crippen molar-refractivity contribution in [1.82, 2.24) is 0 Å². The Labute approximate surface area is 414 Å². The molecule has 1 N–H and O–H groups in total. The number of rotatable bonds is 16. The first-order valence-electron chi connectivity index (χ1n) is 22.7. The molecule has 2 saturated heterocycles. The monoisotopic (exact) mass is 972 g/mol. The van der Waals surface area contributed by atoms with Gasteiger partial charge < -0.3 is 0 Å². The van der Waals surface area contributed by atoms with Crippen LogP contribution in [0.15, 0.2) is 182 Å². The summed E-state index contributed by atoms with van der Waals surface area (Å²) in [5, 5.41) is 11.8. The van der Waals surface area contributed by atoms with Gasteiger partial charge in [-0.1, -0.05) is 54.6 Å². The third kappa shape index (κ3) is 12.4. The van der Waals surface area contributed by atoms with E-state index in [1.165, 1.54) is 72.8 Å². The van der Waals surface area contributed by atoms with Crippen LogP contribution in [0.25, 0.3) is 0 Å². The Morgan fingerprint density at radius 1 is 0.403 bits per heavy atom. The molecule has 2 heterocycles. The number of aliphatic hydroxyl groups is 1. The average Bonchev–Trinajstić information content (AvgIpc) is 3.43. The van der Waals surface area contributed by atoms with Gasteiger partial charge in [-0.25, -0.2) is 0 Å². The first kappa shape index (κ1) is 50.2. The summed E-state index contributed by atoms with van der Waals surface area (Å²) in [7, 11) is 6.20. The summed E-state index contributed by atoms with van der Waals surface area (Å²) in [6.45, 7) is -1.28. The van der Waals surface area contributed by atoms with Crippen LogP contribution < -0.4 is 0 Å². The standard InChI is InChI=1S/C55H45BO16/c56-31-40-41(32-64-48(57)34-19-7-1-8-20-34)67-55(47(71-53(62)39-29-17-6-18-30-39)43(40)68-50(59)36-23-11-3-12-24-36)72-44-42(33-65-49(58)35-21-9-2-10-22-35)66-54(63)46(70-52(61)38-27-15-5-16-28-38)45(44)69-51(60)37-25-13-4-14-26-37/h1-30,40-47,54-55,63H,32-33H2. The van der Waals surface area contributed by atoms with Crippen LogP contribution in [-0.2, 0) is 42.6 Å². The van der Waals surface area contributed by atoms with Gasteiger partial charge in [-0.2, -0.15) is 0 Å². The van der Waals surface area contributed by atoms with Crippen molar-refractivity contribution < 1.29 is 76.5 Å². The van der Waals surface area contributed by atoms with E-state index in [4.69, 9.17) is 50.0 Å². The van der Waals surface area contributed by atoms with Crippen molar-refractivity contribution in [2.75, 3.05) is 13.2 Å². The van der Waals surface area contributed by atoms with Crippen molar-refractivity contribution in [3.05, 3.63) is 215 Å². The molecule has 17 heteroatoms. The summed E-state index contributed by atoms with van der Waals surface area (Å²) < 4.78 is 55.2. The van der Waals surface area contributed by atoms with Gasteiger partial charge in [-0.3, -0.25) is 0 Å². The minimum absolute atomic E-state index is 0.0334. The number of benzene rings is 6. The van der Waals surface area contributed by atoms with E-state index in [0.29, 0.717) is 0 Å². The van der Waals surface area contributed by atoms with Crippen molar-refractivity contribution in [1.29, 1.82) is 0 Å². The molecule has 8 rings (SSSR count). The molecule has 2 fully saturated rings. The van der Waals surface area contributed by atoms with Gasteiger partial charge in [0.05, 0.1) is 0 Å². The van der Waals surface area contributed by atoms with E-state index in [2.05, 4.69) is 5.80 Å². The molecule has 2 aliphatic rings. The predicted octanol–water partition coefficient (Wildman–Crippen LogP) is 6.17. The molecule has 0 spiro atoms. The Kier molecular flexibility index (Phi) is 16.8. The molecule has 0 bridgehead atoms. The third-order valence-electron chi connectivity index (χ3n) is 11.5. The SMILES string of the molecule is B#CC1C(COC(=O)c2ccccc2)OC(OC2C(COC(=O)c3ccccc3)OC(O)C(OC(=O)c3ccccc3)C2OC(=O)c2ccccc2)C(OC(=O)c2ccccc2)C1OC(=O)c1ccccc1. The fraction of sp³-hybridized carbons (Fsp3) is 0.218. The van der Waals surface area contributed by atoms with Crippen molar-refractivity contribution in [3.63, 3.8) is 0 Å². The molecule has 0 aliphatic carbocycles. The summed E-state index contributed by atoms with van der Waals surface area (Å²) in [4.78, 5) is 83.0. The number of esters is 6. The fourth-order valence-corrected chi connectivity index (χ4v) is 7.93. The van der Waals surface area contributed by atoms with E-state index in [-0.39, 0.29) is 33.4 Å². The van der Waals surface area contributed by atoms with Crippen molar-refractivity contribution in [2.45, 2.75) is 55.3 Å². The van der Waals surface area contributed by atoms with Gasteiger partial charge in [-0.05, 0) is 24.3 Å². The van der Waals surface area contributed by atoms with Crippen LogP contribution in [0, 0.1) is 11.7 Å². The van der Waals surface area contributed by atoms with Gasteiger partial charge in [0, 0.05) is 0 Å². The van der Waals surface area contributed by atoms with E-state index >= 15 is 0 Å². The number of carbonyl (C=O) groups excluding carboxylic acids is 6. The molecular formula is C55H45BO16.